The molecule has 0 amide bonds. The molecule has 1 aromatic carbocycles. The number of aryl methyl sites for hydroxylation is 1. The maximum absolute atomic E-state index is 6.07. The molecule has 1 nitrogen and oxygen atoms in total. The maximum atomic E-state index is 6.07. The molecular formula is C35H58O. The summed E-state index contributed by atoms with van der Waals surface area (Å²) in [6, 6.07) is 8.90. The summed E-state index contributed by atoms with van der Waals surface area (Å²) < 4.78 is 6.07. The van der Waals surface area contributed by atoms with Crippen molar-refractivity contribution in [2.45, 2.75) is 142 Å². The van der Waals surface area contributed by atoms with E-state index in [2.05, 4.69) is 50.3 Å². The Morgan fingerprint density at radius 1 is 0.667 bits per heavy atom. The van der Waals surface area contributed by atoms with Gasteiger partial charge in [-0.2, -0.15) is 0 Å². The molecule has 0 unspecified atom stereocenters. The smallest absolute Gasteiger partial charge is 0.119 e. The van der Waals surface area contributed by atoms with Crippen molar-refractivity contribution in [1.82, 2.24) is 0 Å². The topological polar surface area (TPSA) is 9.23 Å². The minimum Gasteiger partial charge on any atom is -0.494 e. The van der Waals surface area contributed by atoms with E-state index in [0.29, 0.717) is 0 Å². The summed E-state index contributed by atoms with van der Waals surface area (Å²) in [5.74, 6) is 4.88. The van der Waals surface area contributed by atoms with Crippen molar-refractivity contribution in [3.8, 4) is 5.75 Å². The first-order valence-corrected chi connectivity index (χ1v) is 16.1. The second kappa shape index (κ2) is 18.1. The van der Waals surface area contributed by atoms with Crippen molar-refractivity contribution in [1.29, 1.82) is 0 Å². The van der Waals surface area contributed by atoms with Crippen LogP contribution in [0.15, 0.2) is 36.4 Å². The van der Waals surface area contributed by atoms with Crippen LogP contribution in [0.2, 0.25) is 0 Å². The maximum Gasteiger partial charge on any atom is 0.119 e. The normalized spacial score (nSPS) is 24.8. The van der Waals surface area contributed by atoms with Crippen LogP contribution < -0.4 is 4.74 Å². The van der Waals surface area contributed by atoms with Gasteiger partial charge >= 0.3 is 0 Å². The number of benzene rings is 1. The van der Waals surface area contributed by atoms with Crippen LogP contribution in [0.1, 0.15) is 141 Å². The summed E-state index contributed by atoms with van der Waals surface area (Å²) in [6.07, 6.45) is 32.9. The molecule has 2 aliphatic carbocycles. The SMILES string of the molecule is CCCCC[C@H]1CC[C@H](C=CCCc2ccc(OCCC[C@H]3CC[C@H](CCCCC)CC3)cc2)CC1. The predicted molar refractivity (Wildman–Crippen MR) is 158 cm³/mol. The van der Waals surface area contributed by atoms with Crippen LogP contribution in [0.25, 0.3) is 0 Å². The summed E-state index contributed by atoms with van der Waals surface area (Å²) in [7, 11) is 0. The summed E-state index contributed by atoms with van der Waals surface area (Å²) in [4.78, 5) is 0. The molecule has 0 aromatic heterocycles. The zero-order chi connectivity index (χ0) is 25.3. The lowest BCUT2D eigenvalue weighted by Crippen LogP contribution is -2.15. The van der Waals surface area contributed by atoms with Crippen LogP contribution in [0.5, 0.6) is 5.75 Å². The number of allylic oxidation sites excluding steroid dienone is 2. The highest BCUT2D eigenvalue weighted by Crippen LogP contribution is 2.34. The number of unbranched alkanes of at least 4 members (excludes halogenated alkanes) is 4. The number of hydrogen-bond acceptors (Lipinski definition) is 1. The van der Waals surface area contributed by atoms with E-state index in [9.17, 15) is 0 Å². The Labute approximate surface area is 224 Å². The molecule has 0 atom stereocenters. The molecule has 0 radical (unpaired) electrons. The van der Waals surface area contributed by atoms with Crippen LogP contribution in [0.4, 0.5) is 0 Å². The van der Waals surface area contributed by atoms with Crippen LogP contribution in [0, 0.1) is 23.7 Å². The van der Waals surface area contributed by atoms with Gasteiger partial charge in [0.05, 0.1) is 6.61 Å². The Kier molecular flexibility index (Phi) is 14.7. The third kappa shape index (κ3) is 11.9. The monoisotopic (exact) mass is 494 g/mol. The van der Waals surface area contributed by atoms with Crippen molar-refractivity contribution in [3.05, 3.63) is 42.0 Å². The van der Waals surface area contributed by atoms with Gasteiger partial charge in [0.15, 0.2) is 0 Å². The molecule has 0 N–H and O–H groups in total. The molecule has 0 bridgehead atoms. The highest BCUT2D eigenvalue weighted by molar-refractivity contribution is 5.27. The van der Waals surface area contributed by atoms with Gasteiger partial charge in [0.2, 0.25) is 0 Å². The summed E-state index contributed by atoms with van der Waals surface area (Å²) in [5.41, 5.74) is 1.43. The van der Waals surface area contributed by atoms with E-state index in [0.717, 1.165) is 48.9 Å². The molecule has 2 fully saturated rings. The Balaban J connectivity index is 1.20. The zero-order valence-electron chi connectivity index (χ0n) is 24.0. The van der Waals surface area contributed by atoms with Gasteiger partial charge in [-0.15, -0.1) is 0 Å². The first kappa shape index (κ1) is 29.3. The summed E-state index contributed by atoms with van der Waals surface area (Å²) in [6.45, 7) is 5.50. The minimum absolute atomic E-state index is 0.837. The molecule has 2 saturated carbocycles. The molecule has 1 heteroatoms. The summed E-state index contributed by atoms with van der Waals surface area (Å²) in [5, 5.41) is 0. The molecule has 36 heavy (non-hydrogen) atoms. The van der Waals surface area contributed by atoms with Crippen molar-refractivity contribution >= 4 is 0 Å². The van der Waals surface area contributed by atoms with Gasteiger partial charge in [0, 0.05) is 0 Å². The van der Waals surface area contributed by atoms with Crippen molar-refractivity contribution in [2.75, 3.05) is 6.61 Å². The fraction of sp³-hybridized carbons (Fsp3) is 0.771. The van der Waals surface area contributed by atoms with E-state index < -0.39 is 0 Å². The van der Waals surface area contributed by atoms with Gasteiger partial charge in [-0.05, 0) is 92.7 Å². The molecule has 204 valence electrons. The average Bonchev–Trinajstić information content (AvgIpc) is 2.92. The molecule has 0 saturated heterocycles. The first-order chi connectivity index (χ1) is 17.8. The summed E-state index contributed by atoms with van der Waals surface area (Å²) >= 11 is 0. The lowest BCUT2D eigenvalue weighted by atomic mass is 9.78. The highest BCUT2D eigenvalue weighted by atomic mass is 16.5. The van der Waals surface area contributed by atoms with Crippen molar-refractivity contribution < 1.29 is 4.74 Å². The molecule has 3 rings (SSSR count). The Hall–Kier alpha value is -1.24. The quantitative estimate of drug-likeness (QED) is 0.154. The fourth-order valence-electron chi connectivity index (χ4n) is 6.70. The molecular weight excluding hydrogens is 436 g/mol. The zero-order valence-corrected chi connectivity index (χ0v) is 24.0. The Morgan fingerprint density at radius 3 is 1.75 bits per heavy atom. The number of rotatable bonds is 17. The predicted octanol–water partition coefficient (Wildman–Crippen LogP) is 11.1. The average molecular weight is 495 g/mol. The number of ether oxygens (including phenoxy) is 1. The Bertz CT molecular complexity index is 673. The Morgan fingerprint density at radius 2 is 1.19 bits per heavy atom. The molecule has 0 heterocycles. The fourth-order valence-corrected chi connectivity index (χ4v) is 6.70. The van der Waals surface area contributed by atoms with Gasteiger partial charge in [0.25, 0.3) is 0 Å². The van der Waals surface area contributed by atoms with E-state index in [4.69, 9.17) is 4.74 Å². The van der Waals surface area contributed by atoms with Crippen molar-refractivity contribution in [2.24, 2.45) is 23.7 Å². The highest BCUT2D eigenvalue weighted by Gasteiger charge is 2.21. The van der Waals surface area contributed by atoms with Gasteiger partial charge < -0.3 is 4.74 Å². The van der Waals surface area contributed by atoms with Gasteiger partial charge in [-0.1, -0.05) is 115 Å². The lowest BCUT2D eigenvalue weighted by molar-refractivity contribution is 0.228. The van der Waals surface area contributed by atoms with E-state index >= 15 is 0 Å². The largest absolute Gasteiger partial charge is 0.494 e. The molecule has 0 spiro atoms. The third-order valence-corrected chi connectivity index (χ3v) is 9.25. The van der Waals surface area contributed by atoms with Crippen LogP contribution in [-0.4, -0.2) is 6.61 Å². The second-order valence-corrected chi connectivity index (χ2v) is 12.3. The minimum atomic E-state index is 0.837. The van der Waals surface area contributed by atoms with Crippen molar-refractivity contribution in [3.63, 3.8) is 0 Å². The van der Waals surface area contributed by atoms with E-state index in [1.54, 1.807) is 0 Å². The number of hydrogen-bond donors (Lipinski definition) is 0. The standard InChI is InChI=1S/C35H58O/c1-3-5-7-12-30-17-19-32(20-18-30)14-9-10-15-33-25-27-35(28-26-33)36-29-11-16-34-23-21-31(22-24-34)13-8-6-4-2/h9,14,25-28,30-32,34H,3-8,10-13,15-24,29H2,1-2H3/t30-,31-,32-,34-. The van der Waals surface area contributed by atoms with E-state index in [1.165, 1.54) is 121 Å². The van der Waals surface area contributed by atoms with Gasteiger partial charge in [-0.25, -0.2) is 0 Å². The van der Waals surface area contributed by atoms with Crippen LogP contribution in [-0.2, 0) is 6.42 Å². The van der Waals surface area contributed by atoms with Crippen LogP contribution in [0.3, 0.4) is 0 Å². The second-order valence-electron chi connectivity index (χ2n) is 12.3. The molecule has 1 aromatic rings. The third-order valence-electron chi connectivity index (χ3n) is 9.25. The molecule has 0 aliphatic heterocycles. The van der Waals surface area contributed by atoms with E-state index in [-0.39, 0.29) is 0 Å². The molecule has 2 aliphatic rings. The van der Waals surface area contributed by atoms with E-state index in [1.807, 2.05) is 0 Å². The first-order valence-electron chi connectivity index (χ1n) is 16.1. The van der Waals surface area contributed by atoms with Gasteiger partial charge in [0.1, 0.15) is 5.75 Å². The van der Waals surface area contributed by atoms with Crippen LogP contribution >= 0.6 is 0 Å². The van der Waals surface area contributed by atoms with Gasteiger partial charge in [-0.3, -0.25) is 0 Å². The lowest BCUT2D eigenvalue weighted by Gasteiger charge is -2.28.